The van der Waals surface area contributed by atoms with E-state index in [-0.39, 0.29) is 13.1 Å². The summed E-state index contributed by atoms with van der Waals surface area (Å²) in [7, 11) is 0. The smallest absolute Gasteiger partial charge is 0.408 e. The van der Waals surface area contributed by atoms with Crippen LogP contribution in [0.1, 0.15) is 5.56 Å². The predicted octanol–water partition coefficient (Wildman–Crippen LogP) is -0.105. The second kappa shape index (κ2) is 6.28. The fourth-order valence-corrected chi connectivity index (χ4v) is 2.84. The number of amides is 2. The van der Waals surface area contributed by atoms with E-state index in [0.29, 0.717) is 17.9 Å². The topological polar surface area (TPSA) is 133 Å². The minimum atomic E-state index is -1.21. The highest BCUT2D eigenvalue weighted by Gasteiger charge is 2.36. The molecule has 0 radical (unpaired) electrons. The summed E-state index contributed by atoms with van der Waals surface area (Å²) >= 11 is 0. The molecule has 1 atom stereocenters. The van der Waals surface area contributed by atoms with Gasteiger partial charge in [-0.3, -0.25) is 9.69 Å². The van der Waals surface area contributed by atoms with Crippen LogP contribution in [0, 0.1) is 0 Å². The number of aliphatic hydroxyl groups excluding tert-OH is 1. The van der Waals surface area contributed by atoms with Crippen LogP contribution in [0.3, 0.4) is 0 Å². The standard InChI is InChI=1S/C15H17N5O4/c16-13-10-2-1-9(5-11(10)17-8-18-13)6-19-3-4-20(15(23)24)12(7-21)14(19)22/h1-2,5,8,12,21H,3-4,6-7H2,(H,23,24)(H2,16,17,18). The lowest BCUT2D eigenvalue weighted by molar-refractivity contribution is -0.143. The van der Waals surface area contributed by atoms with Crippen LogP contribution in [-0.2, 0) is 11.3 Å². The molecule has 0 aliphatic carbocycles. The molecule has 1 fully saturated rings. The number of anilines is 1. The van der Waals surface area contributed by atoms with Crippen LogP contribution in [0.5, 0.6) is 0 Å². The van der Waals surface area contributed by atoms with Crippen molar-refractivity contribution in [2.24, 2.45) is 0 Å². The van der Waals surface area contributed by atoms with Gasteiger partial charge >= 0.3 is 6.09 Å². The Bertz CT molecular complexity index is 797. The summed E-state index contributed by atoms with van der Waals surface area (Å²) in [6, 6.07) is 4.38. The largest absolute Gasteiger partial charge is 0.465 e. The molecule has 24 heavy (non-hydrogen) atoms. The van der Waals surface area contributed by atoms with Gasteiger partial charge in [0.25, 0.3) is 0 Å². The lowest BCUT2D eigenvalue weighted by Crippen LogP contribution is -2.59. The number of nitrogen functional groups attached to an aromatic ring is 1. The van der Waals surface area contributed by atoms with Crippen molar-refractivity contribution >= 4 is 28.7 Å². The van der Waals surface area contributed by atoms with Crippen LogP contribution >= 0.6 is 0 Å². The summed E-state index contributed by atoms with van der Waals surface area (Å²) in [6.07, 6.45) is 0.167. The van der Waals surface area contributed by atoms with Gasteiger partial charge in [-0.2, -0.15) is 0 Å². The van der Waals surface area contributed by atoms with Gasteiger partial charge in [0.1, 0.15) is 18.2 Å². The molecule has 9 heteroatoms. The highest BCUT2D eigenvalue weighted by molar-refractivity contribution is 5.89. The molecule has 1 aromatic carbocycles. The maximum Gasteiger partial charge on any atom is 0.408 e. The van der Waals surface area contributed by atoms with Gasteiger partial charge in [0.15, 0.2) is 0 Å². The van der Waals surface area contributed by atoms with Crippen LogP contribution in [0.25, 0.3) is 10.9 Å². The van der Waals surface area contributed by atoms with Crippen molar-refractivity contribution in [1.29, 1.82) is 0 Å². The van der Waals surface area contributed by atoms with Crippen LogP contribution in [0.4, 0.5) is 10.6 Å². The first-order chi connectivity index (χ1) is 11.5. The first kappa shape index (κ1) is 15.9. The number of piperazine rings is 1. The predicted molar refractivity (Wildman–Crippen MR) is 85.0 cm³/mol. The highest BCUT2D eigenvalue weighted by Crippen LogP contribution is 2.20. The van der Waals surface area contributed by atoms with E-state index in [9.17, 15) is 14.7 Å². The summed E-state index contributed by atoms with van der Waals surface area (Å²) in [5.74, 6) is -0.0218. The average Bonchev–Trinajstić information content (AvgIpc) is 2.56. The van der Waals surface area contributed by atoms with E-state index in [1.54, 1.807) is 6.07 Å². The molecule has 0 spiro atoms. The average molecular weight is 331 g/mol. The van der Waals surface area contributed by atoms with Gasteiger partial charge in [-0.05, 0) is 17.7 Å². The first-order valence-corrected chi connectivity index (χ1v) is 7.39. The summed E-state index contributed by atoms with van der Waals surface area (Å²) in [6.45, 7) is 0.201. The molecule has 4 N–H and O–H groups in total. The maximum absolute atomic E-state index is 12.4. The highest BCUT2D eigenvalue weighted by atomic mass is 16.4. The molecular formula is C15H17N5O4. The Kier molecular flexibility index (Phi) is 4.17. The summed E-state index contributed by atoms with van der Waals surface area (Å²) < 4.78 is 0. The van der Waals surface area contributed by atoms with Gasteiger partial charge < -0.3 is 20.8 Å². The third-order valence-corrected chi connectivity index (χ3v) is 4.11. The van der Waals surface area contributed by atoms with Crippen LogP contribution in [0.15, 0.2) is 24.5 Å². The van der Waals surface area contributed by atoms with E-state index in [0.717, 1.165) is 15.8 Å². The summed E-state index contributed by atoms with van der Waals surface area (Å²) in [5.41, 5.74) is 7.31. The Balaban J connectivity index is 1.81. The van der Waals surface area contributed by atoms with Crippen molar-refractivity contribution < 1.29 is 19.8 Å². The maximum atomic E-state index is 12.4. The molecule has 0 saturated carbocycles. The first-order valence-electron chi connectivity index (χ1n) is 7.39. The molecule has 1 saturated heterocycles. The van der Waals surface area contributed by atoms with Gasteiger partial charge in [0, 0.05) is 25.0 Å². The number of aromatic nitrogens is 2. The molecule has 1 unspecified atom stereocenters. The number of benzene rings is 1. The van der Waals surface area contributed by atoms with Gasteiger partial charge in [0.05, 0.1) is 12.1 Å². The number of carbonyl (C=O) groups is 2. The molecule has 2 amide bonds. The van der Waals surface area contributed by atoms with E-state index in [1.807, 2.05) is 12.1 Å². The van der Waals surface area contributed by atoms with E-state index < -0.39 is 24.6 Å². The molecule has 0 bridgehead atoms. The lowest BCUT2D eigenvalue weighted by atomic mass is 10.1. The molecule has 1 aromatic heterocycles. The zero-order valence-corrected chi connectivity index (χ0v) is 12.8. The molecule has 126 valence electrons. The number of nitrogens with two attached hydrogens (primary N) is 1. The number of hydrogen-bond donors (Lipinski definition) is 3. The van der Waals surface area contributed by atoms with Crippen molar-refractivity contribution in [2.75, 3.05) is 25.4 Å². The molecule has 9 nitrogen and oxygen atoms in total. The van der Waals surface area contributed by atoms with Crippen molar-refractivity contribution in [3.8, 4) is 0 Å². The van der Waals surface area contributed by atoms with Crippen molar-refractivity contribution in [1.82, 2.24) is 19.8 Å². The van der Waals surface area contributed by atoms with Crippen LogP contribution < -0.4 is 5.73 Å². The Morgan fingerprint density at radius 3 is 2.83 bits per heavy atom. The molecule has 3 rings (SSSR count). The minimum absolute atomic E-state index is 0.162. The van der Waals surface area contributed by atoms with E-state index in [2.05, 4.69) is 9.97 Å². The number of nitrogens with zero attached hydrogens (tertiary/aromatic N) is 4. The second-order valence-electron chi connectivity index (χ2n) is 5.54. The van der Waals surface area contributed by atoms with Crippen LogP contribution in [0.2, 0.25) is 0 Å². The Hall–Kier alpha value is -2.94. The SMILES string of the molecule is Nc1ncnc2cc(CN3CCN(C(=O)O)C(CO)C3=O)ccc12. The third-order valence-electron chi connectivity index (χ3n) is 4.11. The Morgan fingerprint density at radius 2 is 2.12 bits per heavy atom. The molecular weight excluding hydrogens is 314 g/mol. The van der Waals surface area contributed by atoms with Crippen LogP contribution in [-0.4, -0.2) is 67.7 Å². The Morgan fingerprint density at radius 1 is 1.33 bits per heavy atom. The van der Waals surface area contributed by atoms with Crippen molar-refractivity contribution in [3.05, 3.63) is 30.1 Å². The monoisotopic (exact) mass is 331 g/mol. The fourth-order valence-electron chi connectivity index (χ4n) is 2.84. The minimum Gasteiger partial charge on any atom is -0.465 e. The molecule has 1 aliphatic heterocycles. The molecule has 2 aromatic rings. The van der Waals surface area contributed by atoms with Crippen molar-refractivity contribution in [2.45, 2.75) is 12.6 Å². The number of carbonyl (C=O) groups excluding carboxylic acids is 1. The number of rotatable bonds is 3. The normalized spacial score (nSPS) is 18.2. The number of hydrogen-bond acceptors (Lipinski definition) is 6. The number of fused-ring (bicyclic) bond motifs is 1. The van der Waals surface area contributed by atoms with Gasteiger partial charge in [0.2, 0.25) is 5.91 Å². The summed E-state index contributed by atoms with van der Waals surface area (Å²) in [4.78, 5) is 34.1. The fraction of sp³-hybridized carbons (Fsp3) is 0.333. The Labute approximate surface area is 137 Å². The van der Waals surface area contributed by atoms with Gasteiger partial charge in [-0.15, -0.1) is 0 Å². The van der Waals surface area contributed by atoms with Gasteiger partial charge in [-0.1, -0.05) is 6.07 Å². The third kappa shape index (κ3) is 2.81. The zero-order valence-electron chi connectivity index (χ0n) is 12.8. The quantitative estimate of drug-likeness (QED) is 0.715. The number of carboxylic acid groups (broad SMARTS) is 1. The summed E-state index contributed by atoms with van der Waals surface area (Å²) in [5, 5.41) is 19.2. The van der Waals surface area contributed by atoms with E-state index >= 15 is 0 Å². The van der Waals surface area contributed by atoms with Gasteiger partial charge in [-0.25, -0.2) is 14.8 Å². The van der Waals surface area contributed by atoms with Crippen molar-refractivity contribution in [3.63, 3.8) is 0 Å². The second-order valence-corrected chi connectivity index (χ2v) is 5.54. The van der Waals surface area contributed by atoms with E-state index in [1.165, 1.54) is 11.2 Å². The zero-order chi connectivity index (χ0) is 17.3. The molecule has 2 heterocycles. The number of aliphatic hydroxyl groups is 1. The lowest BCUT2D eigenvalue weighted by Gasteiger charge is -2.38. The molecule has 1 aliphatic rings. The van der Waals surface area contributed by atoms with E-state index in [4.69, 9.17) is 10.8 Å².